The summed E-state index contributed by atoms with van der Waals surface area (Å²) in [5, 5.41) is 10.2. The van der Waals surface area contributed by atoms with Crippen LogP contribution in [0.1, 0.15) is 18.2 Å². The van der Waals surface area contributed by atoms with Gasteiger partial charge in [-0.05, 0) is 25.5 Å². The molecule has 0 spiro atoms. The van der Waals surface area contributed by atoms with E-state index in [1.54, 1.807) is 23.3 Å². The Balaban J connectivity index is 1.78. The maximum absolute atomic E-state index is 12.5. The Kier molecular flexibility index (Phi) is 3.72. The zero-order valence-electron chi connectivity index (χ0n) is 14.6. The molecule has 0 unspecified atom stereocenters. The number of hydrogen-bond acceptors (Lipinski definition) is 6. The minimum Gasteiger partial charge on any atom is -0.342 e. The third-order valence-electron chi connectivity index (χ3n) is 4.18. The van der Waals surface area contributed by atoms with Gasteiger partial charge in [-0.25, -0.2) is 9.97 Å². The number of nitrogens with one attached hydrogen (secondary N) is 2. The van der Waals surface area contributed by atoms with Crippen LogP contribution in [0.2, 0.25) is 0 Å². The summed E-state index contributed by atoms with van der Waals surface area (Å²) in [7, 11) is 1.83. The molecule has 130 valence electrons. The second-order valence-electron chi connectivity index (χ2n) is 6.10. The van der Waals surface area contributed by atoms with Crippen LogP contribution in [0.4, 0.5) is 11.5 Å². The van der Waals surface area contributed by atoms with Gasteiger partial charge in [-0.15, -0.1) is 0 Å². The number of fused-ring (bicyclic) bond motifs is 1. The summed E-state index contributed by atoms with van der Waals surface area (Å²) >= 11 is 0. The van der Waals surface area contributed by atoms with E-state index in [-0.39, 0.29) is 5.91 Å². The van der Waals surface area contributed by atoms with Crippen molar-refractivity contribution < 1.29 is 4.79 Å². The lowest BCUT2D eigenvalue weighted by molar-refractivity contribution is -0.110. The maximum Gasteiger partial charge on any atom is 0.259 e. The highest BCUT2D eigenvalue weighted by molar-refractivity contribution is 6.31. The van der Waals surface area contributed by atoms with Gasteiger partial charge in [-0.1, -0.05) is 0 Å². The molecule has 0 aromatic carbocycles. The second kappa shape index (κ2) is 6.07. The third kappa shape index (κ3) is 2.71. The zero-order valence-corrected chi connectivity index (χ0v) is 14.6. The van der Waals surface area contributed by atoms with E-state index < -0.39 is 0 Å². The minimum absolute atomic E-state index is 0.213. The van der Waals surface area contributed by atoms with Crippen molar-refractivity contribution in [1.82, 2.24) is 24.7 Å². The molecule has 0 radical (unpaired) electrons. The van der Waals surface area contributed by atoms with Crippen LogP contribution in [0.25, 0.3) is 17.0 Å². The van der Waals surface area contributed by atoms with Crippen molar-refractivity contribution in [2.45, 2.75) is 13.8 Å². The fourth-order valence-electron chi connectivity index (χ4n) is 2.87. The van der Waals surface area contributed by atoms with E-state index in [9.17, 15) is 4.79 Å². The molecule has 8 nitrogen and oxygen atoms in total. The fourth-order valence-corrected chi connectivity index (χ4v) is 2.87. The summed E-state index contributed by atoms with van der Waals surface area (Å²) in [5.74, 6) is 0.986. The van der Waals surface area contributed by atoms with Crippen molar-refractivity contribution in [1.29, 1.82) is 0 Å². The molecule has 0 aliphatic carbocycles. The van der Waals surface area contributed by atoms with Gasteiger partial charge < -0.3 is 10.6 Å². The van der Waals surface area contributed by atoms with Gasteiger partial charge in [0.15, 0.2) is 11.6 Å². The van der Waals surface area contributed by atoms with Gasteiger partial charge in [0.1, 0.15) is 5.69 Å². The Morgan fingerprint density at radius 3 is 2.85 bits per heavy atom. The monoisotopic (exact) mass is 347 g/mol. The Hall–Kier alpha value is -3.55. The number of anilines is 2. The molecule has 0 saturated carbocycles. The number of aromatic nitrogens is 5. The van der Waals surface area contributed by atoms with Crippen molar-refractivity contribution in [3.05, 3.63) is 53.9 Å². The SMILES string of the molecule is C/C(Nc1ccn(C)n1)=C1/C(=O)Nc2cnc(-c3cnccc3C)nc21. The minimum atomic E-state index is -0.213. The molecule has 3 aromatic heterocycles. The molecule has 1 aliphatic rings. The normalized spacial score (nSPS) is 14.8. The smallest absolute Gasteiger partial charge is 0.259 e. The van der Waals surface area contributed by atoms with Gasteiger partial charge in [-0.3, -0.25) is 14.5 Å². The predicted molar refractivity (Wildman–Crippen MR) is 98.1 cm³/mol. The van der Waals surface area contributed by atoms with E-state index in [1.165, 1.54) is 0 Å². The van der Waals surface area contributed by atoms with E-state index in [4.69, 9.17) is 0 Å². The molecule has 0 atom stereocenters. The molecule has 2 N–H and O–H groups in total. The van der Waals surface area contributed by atoms with E-state index in [0.717, 1.165) is 11.1 Å². The lowest BCUT2D eigenvalue weighted by Gasteiger charge is -2.08. The molecule has 8 heteroatoms. The summed E-state index contributed by atoms with van der Waals surface area (Å²) < 4.78 is 1.69. The van der Waals surface area contributed by atoms with Gasteiger partial charge >= 0.3 is 0 Å². The molecule has 4 heterocycles. The van der Waals surface area contributed by atoms with E-state index in [0.29, 0.717) is 34.3 Å². The fraction of sp³-hybridized carbons (Fsp3) is 0.167. The van der Waals surface area contributed by atoms with Gasteiger partial charge in [0.2, 0.25) is 0 Å². The van der Waals surface area contributed by atoms with Crippen LogP contribution in [0, 0.1) is 6.92 Å². The number of carbonyl (C=O) groups excluding carboxylic acids is 1. The first-order valence-corrected chi connectivity index (χ1v) is 8.10. The second-order valence-corrected chi connectivity index (χ2v) is 6.10. The largest absolute Gasteiger partial charge is 0.342 e. The molecular weight excluding hydrogens is 330 g/mol. The van der Waals surface area contributed by atoms with E-state index >= 15 is 0 Å². The number of aryl methyl sites for hydroxylation is 2. The molecule has 0 saturated heterocycles. The van der Waals surface area contributed by atoms with Crippen LogP contribution in [0.3, 0.4) is 0 Å². The number of nitrogens with zero attached hydrogens (tertiary/aromatic N) is 5. The van der Waals surface area contributed by atoms with E-state index in [2.05, 4.69) is 30.7 Å². The number of allylic oxidation sites excluding steroid dienone is 1. The molecule has 26 heavy (non-hydrogen) atoms. The Bertz CT molecular complexity index is 1050. The maximum atomic E-state index is 12.5. The first kappa shape index (κ1) is 15.9. The van der Waals surface area contributed by atoms with Crippen LogP contribution < -0.4 is 10.6 Å². The van der Waals surface area contributed by atoms with E-state index in [1.807, 2.05) is 39.2 Å². The first-order valence-electron chi connectivity index (χ1n) is 8.10. The first-order chi connectivity index (χ1) is 12.5. The number of carbonyl (C=O) groups is 1. The topological polar surface area (TPSA) is 97.6 Å². The molecule has 1 aliphatic heterocycles. The highest BCUT2D eigenvalue weighted by atomic mass is 16.2. The summed E-state index contributed by atoms with van der Waals surface area (Å²) in [6, 6.07) is 3.74. The quantitative estimate of drug-likeness (QED) is 0.706. The van der Waals surface area contributed by atoms with Crippen LogP contribution in [0.15, 0.2) is 42.6 Å². The Morgan fingerprint density at radius 2 is 2.12 bits per heavy atom. The Morgan fingerprint density at radius 1 is 1.27 bits per heavy atom. The van der Waals surface area contributed by atoms with Gasteiger partial charge in [0.05, 0.1) is 17.5 Å². The molecule has 0 bridgehead atoms. The average molecular weight is 347 g/mol. The van der Waals surface area contributed by atoms with Crippen molar-refractivity contribution in [2.75, 3.05) is 10.6 Å². The van der Waals surface area contributed by atoms with Crippen LogP contribution in [0.5, 0.6) is 0 Å². The molecular formula is C18H17N7O. The summed E-state index contributed by atoms with van der Waals surface area (Å²) in [6.45, 7) is 3.80. The molecule has 0 fully saturated rings. The molecule has 4 rings (SSSR count). The van der Waals surface area contributed by atoms with Crippen molar-refractivity contribution in [3.8, 4) is 11.4 Å². The Labute approximate surface area is 150 Å². The number of pyridine rings is 1. The lowest BCUT2D eigenvalue weighted by atomic mass is 10.1. The van der Waals surface area contributed by atoms with Crippen molar-refractivity contribution in [3.63, 3.8) is 0 Å². The van der Waals surface area contributed by atoms with Crippen molar-refractivity contribution in [2.24, 2.45) is 7.05 Å². The standard InChI is InChI=1S/C18H17N7O/c1-10-4-6-19-8-12(10)17-20-9-13-16(23-17)15(18(26)22-13)11(2)21-14-5-7-25(3)24-14/h4-9H,1-3H3,(H,21,24)(H,22,26)/b15-11-. The number of amides is 1. The molecule has 3 aromatic rings. The van der Waals surface area contributed by atoms with Crippen molar-refractivity contribution >= 4 is 23.0 Å². The summed E-state index contributed by atoms with van der Waals surface area (Å²) in [6.07, 6.45) is 6.91. The zero-order chi connectivity index (χ0) is 18.3. The average Bonchev–Trinajstić information content (AvgIpc) is 3.16. The predicted octanol–water partition coefficient (Wildman–Crippen LogP) is 2.38. The number of hydrogen-bond donors (Lipinski definition) is 2. The van der Waals surface area contributed by atoms with Gasteiger partial charge in [0, 0.05) is 43.0 Å². The van der Waals surface area contributed by atoms with Gasteiger partial charge in [-0.2, -0.15) is 5.10 Å². The van der Waals surface area contributed by atoms with Crippen LogP contribution in [-0.4, -0.2) is 30.6 Å². The van der Waals surface area contributed by atoms with Crippen LogP contribution in [-0.2, 0) is 11.8 Å². The van der Waals surface area contributed by atoms with Crippen LogP contribution >= 0.6 is 0 Å². The third-order valence-corrected chi connectivity index (χ3v) is 4.18. The highest BCUT2D eigenvalue weighted by Gasteiger charge is 2.29. The number of rotatable bonds is 3. The highest BCUT2D eigenvalue weighted by Crippen LogP contribution is 2.33. The summed E-state index contributed by atoms with van der Waals surface area (Å²) in [4.78, 5) is 25.6. The summed E-state index contributed by atoms with van der Waals surface area (Å²) in [5.41, 5.74) is 4.18. The molecule has 1 amide bonds. The lowest BCUT2D eigenvalue weighted by Crippen LogP contribution is -2.09. The van der Waals surface area contributed by atoms with Gasteiger partial charge in [0.25, 0.3) is 5.91 Å².